The van der Waals surface area contributed by atoms with Gasteiger partial charge in [-0.05, 0) is 38.9 Å². The van der Waals surface area contributed by atoms with E-state index in [0.717, 1.165) is 25.9 Å². The Morgan fingerprint density at radius 2 is 2.09 bits per heavy atom. The Bertz CT molecular complexity index is 550. The number of piperidine rings is 1. The van der Waals surface area contributed by atoms with Gasteiger partial charge in [-0.15, -0.1) is 11.3 Å². The highest BCUT2D eigenvalue weighted by Crippen LogP contribution is 2.20. The van der Waals surface area contributed by atoms with Gasteiger partial charge in [-0.2, -0.15) is 0 Å². The summed E-state index contributed by atoms with van der Waals surface area (Å²) in [6.07, 6.45) is 2.43. The van der Waals surface area contributed by atoms with Crippen molar-refractivity contribution >= 4 is 28.3 Å². The number of hydrogen-bond acceptors (Lipinski definition) is 5. The van der Waals surface area contributed by atoms with E-state index in [-0.39, 0.29) is 17.9 Å². The first-order chi connectivity index (χ1) is 10.9. The second-order valence-electron chi connectivity index (χ2n) is 6.63. The lowest BCUT2D eigenvalue weighted by Gasteiger charge is -2.34. The van der Waals surface area contributed by atoms with Gasteiger partial charge in [0, 0.05) is 24.9 Å². The Labute approximate surface area is 141 Å². The minimum atomic E-state index is -0.0693. The fraction of sp³-hybridized carbons (Fsp3) is 0.688. The van der Waals surface area contributed by atoms with Crippen molar-refractivity contribution in [3.8, 4) is 0 Å². The van der Waals surface area contributed by atoms with Crippen molar-refractivity contribution in [1.82, 2.24) is 14.8 Å². The van der Waals surface area contributed by atoms with E-state index in [1.807, 2.05) is 20.9 Å². The molecule has 1 saturated heterocycles. The maximum absolute atomic E-state index is 12.5. The van der Waals surface area contributed by atoms with Crippen LogP contribution in [0, 0.1) is 5.92 Å². The van der Waals surface area contributed by atoms with E-state index < -0.39 is 0 Å². The van der Waals surface area contributed by atoms with Gasteiger partial charge in [-0.1, -0.05) is 13.8 Å². The predicted octanol–water partition coefficient (Wildman–Crippen LogP) is 2.29. The molecule has 1 fully saturated rings. The number of likely N-dealkylation sites (tertiary alicyclic amines) is 1. The summed E-state index contributed by atoms with van der Waals surface area (Å²) >= 11 is 1.30. The minimum Gasteiger partial charge on any atom is -0.337 e. The van der Waals surface area contributed by atoms with Crippen molar-refractivity contribution in [3.63, 3.8) is 0 Å². The van der Waals surface area contributed by atoms with Crippen LogP contribution in [-0.4, -0.2) is 59.8 Å². The molecule has 0 spiro atoms. The number of nitrogens with zero attached hydrogens (tertiary/aromatic N) is 3. The molecular weight excluding hydrogens is 312 g/mol. The third kappa shape index (κ3) is 5.00. The number of anilines is 1. The third-order valence-electron chi connectivity index (χ3n) is 4.12. The van der Waals surface area contributed by atoms with Crippen LogP contribution in [0.1, 0.15) is 43.6 Å². The monoisotopic (exact) mass is 338 g/mol. The molecule has 2 rings (SSSR count). The Balaban J connectivity index is 1.93. The molecule has 1 aromatic heterocycles. The van der Waals surface area contributed by atoms with E-state index >= 15 is 0 Å². The molecule has 7 heteroatoms. The molecule has 1 aliphatic rings. The zero-order chi connectivity index (χ0) is 17.0. The number of carbonyl (C=O) groups is 2. The van der Waals surface area contributed by atoms with Gasteiger partial charge in [-0.3, -0.25) is 9.59 Å². The highest BCUT2D eigenvalue weighted by molar-refractivity contribution is 7.14. The van der Waals surface area contributed by atoms with Crippen molar-refractivity contribution in [3.05, 3.63) is 11.1 Å². The number of thiazole rings is 1. The largest absolute Gasteiger partial charge is 0.337 e. The number of hydrogen-bond donors (Lipinski definition) is 1. The normalized spacial score (nSPS) is 16.6. The van der Waals surface area contributed by atoms with Crippen molar-refractivity contribution in [2.45, 2.75) is 39.2 Å². The molecule has 1 aliphatic heterocycles. The molecule has 2 heterocycles. The molecule has 128 valence electrons. The average Bonchev–Trinajstić information content (AvgIpc) is 2.94. The molecule has 6 nitrogen and oxygen atoms in total. The Morgan fingerprint density at radius 3 is 2.70 bits per heavy atom. The molecule has 1 N–H and O–H groups in total. The number of carbonyl (C=O) groups excluding carboxylic acids is 2. The van der Waals surface area contributed by atoms with Gasteiger partial charge in [0.25, 0.3) is 5.91 Å². The second kappa shape index (κ2) is 7.88. The molecule has 0 aromatic carbocycles. The lowest BCUT2D eigenvalue weighted by Crippen LogP contribution is -2.44. The van der Waals surface area contributed by atoms with Crippen LogP contribution in [0.4, 0.5) is 5.13 Å². The van der Waals surface area contributed by atoms with Gasteiger partial charge in [0.05, 0.1) is 0 Å². The first-order valence-corrected chi connectivity index (χ1v) is 8.96. The fourth-order valence-electron chi connectivity index (χ4n) is 2.70. The molecule has 0 atom stereocenters. The minimum absolute atomic E-state index is 0.0583. The smallest absolute Gasteiger partial charge is 0.273 e. The molecule has 0 aliphatic carbocycles. The highest BCUT2D eigenvalue weighted by atomic mass is 32.1. The molecular formula is C16H26N4O2S. The van der Waals surface area contributed by atoms with E-state index in [1.54, 1.807) is 10.3 Å². The first-order valence-electron chi connectivity index (χ1n) is 8.08. The van der Waals surface area contributed by atoms with Crippen LogP contribution in [0.25, 0.3) is 0 Å². The van der Waals surface area contributed by atoms with Crippen LogP contribution in [0.3, 0.4) is 0 Å². The molecule has 0 unspecified atom stereocenters. The maximum atomic E-state index is 12.5. The summed E-state index contributed by atoms with van der Waals surface area (Å²) in [5.41, 5.74) is 0.413. The zero-order valence-electron chi connectivity index (χ0n) is 14.3. The summed E-state index contributed by atoms with van der Waals surface area (Å²) in [7, 11) is 3.94. The van der Waals surface area contributed by atoms with E-state index in [0.29, 0.717) is 23.2 Å². The van der Waals surface area contributed by atoms with Crippen molar-refractivity contribution < 1.29 is 9.59 Å². The van der Waals surface area contributed by atoms with Crippen molar-refractivity contribution in [2.24, 2.45) is 5.92 Å². The van der Waals surface area contributed by atoms with E-state index in [4.69, 9.17) is 0 Å². The Kier molecular flexibility index (Phi) is 6.12. The first kappa shape index (κ1) is 17.9. The lowest BCUT2D eigenvalue weighted by molar-refractivity contribution is -0.116. The lowest BCUT2D eigenvalue weighted by atomic mass is 10.0. The number of nitrogens with one attached hydrogen (secondary N) is 1. The Morgan fingerprint density at radius 1 is 1.43 bits per heavy atom. The van der Waals surface area contributed by atoms with Crippen LogP contribution < -0.4 is 5.32 Å². The molecule has 2 amide bonds. The van der Waals surface area contributed by atoms with Gasteiger partial charge in [-0.25, -0.2) is 4.98 Å². The van der Waals surface area contributed by atoms with Crippen molar-refractivity contribution in [2.75, 3.05) is 32.5 Å². The van der Waals surface area contributed by atoms with E-state index in [9.17, 15) is 9.59 Å². The molecule has 0 saturated carbocycles. The number of aromatic nitrogens is 1. The predicted molar refractivity (Wildman–Crippen MR) is 92.8 cm³/mol. The van der Waals surface area contributed by atoms with Gasteiger partial charge in [0.1, 0.15) is 5.69 Å². The second-order valence-corrected chi connectivity index (χ2v) is 7.49. The van der Waals surface area contributed by atoms with Crippen LogP contribution in [0.5, 0.6) is 0 Å². The van der Waals surface area contributed by atoms with Gasteiger partial charge >= 0.3 is 0 Å². The highest BCUT2D eigenvalue weighted by Gasteiger charge is 2.26. The van der Waals surface area contributed by atoms with Crippen LogP contribution in [0.2, 0.25) is 0 Å². The third-order valence-corrected chi connectivity index (χ3v) is 4.88. The van der Waals surface area contributed by atoms with Crippen LogP contribution >= 0.6 is 11.3 Å². The summed E-state index contributed by atoms with van der Waals surface area (Å²) < 4.78 is 0. The fourth-order valence-corrected chi connectivity index (χ4v) is 3.40. The maximum Gasteiger partial charge on any atom is 0.273 e. The Hall–Kier alpha value is -1.47. The molecule has 0 bridgehead atoms. The quantitative estimate of drug-likeness (QED) is 0.894. The summed E-state index contributed by atoms with van der Waals surface area (Å²) in [5, 5.41) is 4.98. The zero-order valence-corrected chi connectivity index (χ0v) is 15.2. The summed E-state index contributed by atoms with van der Waals surface area (Å²) in [6, 6.07) is 0.263. The van der Waals surface area contributed by atoms with Crippen LogP contribution in [-0.2, 0) is 4.79 Å². The molecule has 1 aromatic rings. The number of amides is 2. The summed E-state index contributed by atoms with van der Waals surface area (Å²) in [4.78, 5) is 32.7. The summed E-state index contributed by atoms with van der Waals surface area (Å²) in [5.74, 6) is 0.170. The summed E-state index contributed by atoms with van der Waals surface area (Å²) in [6.45, 7) is 6.01. The SMILES string of the molecule is CC(C)CC(=O)Nc1nc(C(=O)N(C)C2CCN(C)CC2)cs1. The standard InChI is InChI=1S/C16H26N4O2S/c1-11(2)9-14(21)18-16-17-13(10-23-16)15(22)20(4)12-5-7-19(3)8-6-12/h10-12H,5-9H2,1-4H3,(H,17,18,21). The van der Waals surface area contributed by atoms with Gasteiger partial charge in [0.2, 0.25) is 5.91 Å². The topological polar surface area (TPSA) is 65.5 Å². The van der Waals surface area contributed by atoms with E-state index in [2.05, 4.69) is 22.2 Å². The van der Waals surface area contributed by atoms with Gasteiger partial charge < -0.3 is 15.1 Å². The molecule has 23 heavy (non-hydrogen) atoms. The number of rotatable bonds is 5. The van der Waals surface area contributed by atoms with Gasteiger partial charge in [0.15, 0.2) is 5.13 Å². The van der Waals surface area contributed by atoms with Crippen molar-refractivity contribution in [1.29, 1.82) is 0 Å². The van der Waals surface area contributed by atoms with Crippen LogP contribution in [0.15, 0.2) is 5.38 Å². The molecule has 0 radical (unpaired) electrons. The van der Waals surface area contributed by atoms with E-state index in [1.165, 1.54) is 11.3 Å². The average molecular weight is 338 g/mol.